The van der Waals surface area contributed by atoms with Crippen LogP contribution in [0.15, 0.2) is 78.9 Å². The van der Waals surface area contributed by atoms with E-state index in [9.17, 15) is 18.0 Å². The van der Waals surface area contributed by atoms with Crippen LogP contribution in [0.5, 0.6) is 5.75 Å². The number of ether oxygens (including phenoxy) is 1. The van der Waals surface area contributed by atoms with E-state index in [2.05, 4.69) is 5.32 Å². The normalized spacial score (nSPS) is 14.4. The van der Waals surface area contributed by atoms with Gasteiger partial charge in [0.15, 0.2) is 0 Å². The van der Waals surface area contributed by atoms with Crippen molar-refractivity contribution in [2.75, 3.05) is 24.2 Å². The fraction of sp³-hybridized carbons (Fsp3) is 0.412. The number of sulfonamides is 1. The molecule has 0 spiro atoms. The first-order valence-electron chi connectivity index (χ1n) is 15.1. The Morgan fingerprint density at radius 3 is 2.30 bits per heavy atom. The van der Waals surface area contributed by atoms with Crippen molar-refractivity contribution in [1.29, 1.82) is 0 Å². The number of halogens is 1. The summed E-state index contributed by atoms with van der Waals surface area (Å²) in [5, 5.41) is 3.75. The van der Waals surface area contributed by atoms with Crippen molar-refractivity contribution in [3.63, 3.8) is 0 Å². The van der Waals surface area contributed by atoms with E-state index in [1.807, 2.05) is 48.5 Å². The van der Waals surface area contributed by atoms with Gasteiger partial charge in [-0.25, -0.2) is 8.42 Å². The first kappa shape index (κ1) is 33.3. The molecule has 0 radical (unpaired) electrons. The number of hydrogen-bond donors (Lipinski definition) is 1. The van der Waals surface area contributed by atoms with Crippen LogP contribution in [-0.2, 0) is 32.6 Å². The van der Waals surface area contributed by atoms with E-state index >= 15 is 0 Å². The fourth-order valence-corrected chi connectivity index (χ4v) is 6.89. The largest absolute Gasteiger partial charge is 0.495 e. The molecule has 0 bridgehead atoms. The van der Waals surface area contributed by atoms with Crippen molar-refractivity contribution in [3.05, 3.63) is 95.0 Å². The number of benzene rings is 3. The molecule has 10 heteroatoms. The molecule has 4 rings (SSSR count). The zero-order valence-corrected chi connectivity index (χ0v) is 27.0. The Bertz CT molecular complexity index is 1500. The molecule has 1 atom stereocenters. The average Bonchev–Trinajstić information content (AvgIpc) is 3.02. The van der Waals surface area contributed by atoms with Crippen molar-refractivity contribution < 1.29 is 22.7 Å². The Kier molecular flexibility index (Phi) is 12.1. The third-order valence-electron chi connectivity index (χ3n) is 8.03. The van der Waals surface area contributed by atoms with E-state index in [0.29, 0.717) is 22.9 Å². The highest BCUT2D eigenvalue weighted by atomic mass is 35.5. The van der Waals surface area contributed by atoms with E-state index in [4.69, 9.17) is 16.3 Å². The number of anilines is 1. The summed E-state index contributed by atoms with van der Waals surface area (Å²) >= 11 is 6.54. The van der Waals surface area contributed by atoms with Crippen LogP contribution in [0.3, 0.4) is 0 Å². The van der Waals surface area contributed by atoms with E-state index in [-0.39, 0.29) is 43.8 Å². The summed E-state index contributed by atoms with van der Waals surface area (Å²) in [6, 6.07) is 23.2. The van der Waals surface area contributed by atoms with Gasteiger partial charge in [0.25, 0.3) is 0 Å². The molecule has 0 aromatic heterocycles. The Morgan fingerprint density at radius 2 is 1.61 bits per heavy atom. The molecular formula is C34H42ClN3O5S. The van der Waals surface area contributed by atoms with Gasteiger partial charge in [0.05, 0.1) is 19.1 Å². The first-order valence-corrected chi connectivity index (χ1v) is 17.4. The first-order chi connectivity index (χ1) is 21.2. The summed E-state index contributed by atoms with van der Waals surface area (Å²) < 4.78 is 32.2. The summed E-state index contributed by atoms with van der Waals surface area (Å²) in [4.78, 5) is 29.7. The Balaban J connectivity index is 1.61. The number of nitrogens with zero attached hydrogens (tertiary/aromatic N) is 2. The molecule has 1 saturated carbocycles. The van der Waals surface area contributed by atoms with Crippen molar-refractivity contribution in [1.82, 2.24) is 10.2 Å². The molecule has 1 unspecified atom stereocenters. The van der Waals surface area contributed by atoms with Crippen molar-refractivity contribution in [2.24, 2.45) is 0 Å². The van der Waals surface area contributed by atoms with Crippen LogP contribution >= 0.6 is 11.6 Å². The monoisotopic (exact) mass is 639 g/mol. The number of methoxy groups -OCH3 is 1. The number of rotatable bonds is 14. The third-order valence-corrected chi connectivity index (χ3v) is 9.58. The minimum atomic E-state index is -3.66. The Hall–Kier alpha value is -3.56. The molecule has 0 aliphatic heterocycles. The van der Waals surface area contributed by atoms with Gasteiger partial charge in [-0.3, -0.25) is 13.9 Å². The lowest BCUT2D eigenvalue weighted by atomic mass is 9.94. The van der Waals surface area contributed by atoms with Gasteiger partial charge in [0.1, 0.15) is 11.8 Å². The number of carbonyl (C=O) groups is 2. The molecular weight excluding hydrogens is 598 g/mol. The number of nitrogens with one attached hydrogen (secondary N) is 1. The fourth-order valence-electron chi connectivity index (χ4n) is 5.73. The van der Waals surface area contributed by atoms with Gasteiger partial charge in [0, 0.05) is 37.0 Å². The molecule has 1 N–H and O–H groups in total. The molecule has 1 fully saturated rings. The van der Waals surface area contributed by atoms with Crippen LogP contribution in [0.2, 0.25) is 5.02 Å². The third kappa shape index (κ3) is 9.22. The zero-order chi connectivity index (χ0) is 31.5. The smallest absolute Gasteiger partial charge is 0.243 e. The van der Waals surface area contributed by atoms with Crippen LogP contribution in [0.25, 0.3) is 0 Å². The predicted molar refractivity (Wildman–Crippen MR) is 175 cm³/mol. The molecule has 0 saturated heterocycles. The van der Waals surface area contributed by atoms with Crippen LogP contribution in [-0.4, -0.2) is 57.1 Å². The van der Waals surface area contributed by atoms with E-state index in [0.717, 1.165) is 49.5 Å². The van der Waals surface area contributed by atoms with Gasteiger partial charge in [-0.2, -0.15) is 0 Å². The predicted octanol–water partition coefficient (Wildman–Crippen LogP) is 5.98. The van der Waals surface area contributed by atoms with Gasteiger partial charge in [-0.1, -0.05) is 91.5 Å². The molecule has 1 aliphatic carbocycles. The number of hydrogen-bond acceptors (Lipinski definition) is 5. The number of carbonyl (C=O) groups excluding carboxylic acids is 2. The topological polar surface area (TPSA) is 96.0 Å². The Morgan fingerprint density at radius 1 is 0.955 bits per heavy atom. The average molecular weight is 640 g/mol. The highest BCUT2D eigenvalue weighted by Gasteiger charge is 2.32. The second kappa shape index (κ2) is 16.0. The van der Waals surface area contributed by atoms with Crippen molar-refractivity contribution in [2.45, 2.75) is 70.0 Å². The quantitative estimate of drug-likeness (QED) is 0.234. The molecule has 0 heterocycles. The molecule has 2 amide bonds. The summed E-state index contributed by atoms with van der Waals surface area (Å²) in [7, 11) is -2.18. The molecule has 44 heavy (non-hydrogen) atoms. The Labute approximate surface area is 266 Å². The lowest BCUT2D eigenvalue weighted by Crippen LogP contribution is -2.53. The standard InChI is InChI=1S/C34H42ClN3O5S/c1-43-32-21-12-11-20-30(32)38(44(2,41)42)23-13-22-33(39)37(25-27-16-9-10-19-29(27)35)31(24-26-14-5-3-6-15-26)34(40)36-28-17-7-4-8-18-28/h3,5-6,9-12,14-16,19-21,28,31H,4,7-8,13,17-18,22-25H2,1-2H3,(H,36,40). The molecule has 236 valence electrons. The van der Waals surface area contributed by atoms with Gasteiger partial charge >= 0.3 is 0 Å². The minimum Gasteiger partial charge on any atom is -0.495 e. The maximum absolute atomic E-state index is 14.1. The summed E-state index contributed by atoms with van der Waals surface area (Å²) in [6.45, 7) is 0.221. The molecule has 3 aromatic carbocycles. The van der Waals surface area contributed by atoms with Crippen LogP contribution < -0.4 is 14.4 Å². The van der Waals surface area contributed by atoms with Gasteiger partial charge < -0.3 is 15.0 Å². The summed E-state index contributed by atoms with van der Waals surface area (Å²) in [5.41, 5.74) is 2.08. The van der Waals surface area contributed by atoms with E-state index in [1.54, 1.807) is 35.2 Å². The molecule has 8 nitrogen and oxygen atoms in total. The maximum Gasteiger partial charge on any atom is 0.243 e. The van der Waals surface area contributed by atoms with Gasteiger partial charge in [-0.05, 0) is 48.6 Å². The van der Waals surface area contributed by atoms with Crippen molar-refractivity contribution in [3.8, 4) is 5.75 Å². The maximum atomic E-state index is 14.1. The lowest BCUT2D eigenvalue weighted by Gasteiger charge is -2.34. The van der Waals surface area contributed by atoms with Crippen LogP contribution in [0.4, 0.5) is 5.69 Å². The van der Waals surface area contributed by atoms with Gasteiger partial charge in [-0.15, -0.1) is 0 Å². The van der Waals surface area contributed by atoms with Crippen molar-refractivity contribution >= 4 is 39.1 Å². The minimum absolute atomic E-state index is 0.0353. The number of para-hydroxylation sites is 2. The summed E-state index contributed by atoms with van der Waals surface area (Å²) in [5.74, 6) is -0.0158. The highest BCUT2D eigenvalue weighted by molar-refractivity contribution is 7.92. The van der Waals surface area contributed by atoms with Gasteiger partial charge in [0.2, 0.25) is 21.8 Å². The highest BCUT2D eigenvalue weighted by Crippen LogP contribution is 2.30. The second-order valence-corrected chi connectivity index (χ2v) is 13.6. The van der Waals surface area contributed by atoms with E-state index in [1.165, 1.54) is 11.4 Å². The number of amides is 2. The molecule has 1 aliphatic rings. The SMILES string of the molecule is COc1ccccc1N(CCCC(=O)N(Cc1ccccc1Cl)C(Cc1ccccc1)C(=O)NC1CCCCC1)S(C)(=O)=O. The lowest BCUT2D eigenvalue weighted by molar-refractivity contribution is -0.141. The van der Waals surface area contributed by atoms with Crippen LogP contribution in [0, 0.1) is 0 Å². The second-order valence-electron chi connectivity index (χ2n) is 11.3. The zero-order valence-electron chi connectivity index (χ0n) is 25.5. The van der Waals surface area contributed by atoms with Crippen LogP contribution in [0.1, 0.15) is 56.1 Å². The molecule has 3 aromatic rings. The summed E-state index contributed by atoms with van der Waals surface area (Å²) in [6.07, 6.45) is 6.90. The van der Waals surface area contributed by atoms with E-state index < -0.39 is 16.1 Å².